The van der Waals surface area contributed by atoms with Crippen LogP contribution in [0.3, 0.4) is 0 Å². The number of hydrogen-bond acceptors (Lipinski definition) is 5. The highest BCUT2D eigenvalue weighted by molar-refractivity contribution is 7.75. The van der Waals surface area contributed by atoms with Gasteiger partial charge in [-0.15, -0.1) is 0 Å². The summed E-state index contributed by atoms with van der Waals surface area (Å²) in [5.41, 5.74) is 1.71. The van der Waals surface area contributed by atoms with Gasteiger partial charge < -0.3 is 0 Å². The molecule has 0 radical (unpaired) electrons. The fourth-order valence-corrected chi connectivity index (χ4v) is 1.20. The second-order valence-electron chi connectivity index (χ2n) is 2.00. The molecule has 1 heterocycles. The van der Waals surface area contributed by atoms with Crippen LogP contribution in [0.1, 0.15) is 0 Å². The van der Waals surface area contributed by atoms with Gasteiger partial charge in [0, 0.05) is 0 Å². The predicted octanol–water partition coefficient (Wildman–Crippen LogP) is -2.54. The first-order chi connectivity index (χ1) is 5.57. The number of carbonyl (C=O) groups is 2. The van der Waals surface area contributed by atoms with Gasteiger partial charge in [0.1, 0.15) is 0 Å². The van der Waals surface area contributed by atoms with Crippen molar-refractivity contribution < 1.29 is 18.0 Å². The molecule has 7 nitrogen and oxygen atoms in total. The zero-order chi connectivity index (χ0) is 9.30. The molecule has 0 aromatic carbocycles. The van der Waals surface area contributed by atoms with Crippen molar-refractivity contribution in [2.75, 3.05) is 6.54 Å². The minimum atomic E-state index is -2.54. The minimum absolute atomic E-state index is 0.210. The van der Waals surface area contributed by atoms with Crippen molar-refractivity contribution >= 4 is 27.1 Å². The van der Waals surface area contributed by atoms with Crippen LogP contribution >= 0.6 is 0 Å². The third kappa shape index (κ3) is 1.17. The first-order valence-electron chi connectivity index (χ1n) is 2.85. The standard InChI is InChI=1S/C4H5N3O4S/c5-6-4(9)7-1-2(3(7)8)12(10)11/h1,5H2,(H,6,9). The van der Waals surface area contributed by atoms with E-state index in [-0.39, 0.29) is 11.4 Å². The SMILES string of the molecule is NNC(=O)N1CC(=S(=O)=O)C1=O. The summed E-state index contributed by atoms with van der Waals surface area (Å²) in [7, 11) is -2.54. The molecule has 66 valence electrons. The maximum absolute atomic E-state index is 10.8. The number of nitrogens with one attached hydrogen (secondary N) is 1. The van der Waals surface area contributed by atoms with E-state index in [1.165, 1.54) is 0 Å². The molecule has 1 saturated heterocycles. The molecule has 3 amide bonds. The Balaban J connectivity index is 2.81. The Bertz CT molecular complexity index is 362. The van der Waals surface area contributed by atoms with E-state index in [0.717, 1.165) is 0 Å². The van der Waals surface area contributed by atoms with Crippen LogP contribution in [-0.4, -0.2) is 36.7 Å². The van der Waals surface area contributed by atoms with E-state index in [4.69, 9.17) is 5.84 Å². The van der Waals surface area contributed by atoms with Gasteiger partial charge in [0.2, 0.25) is 10.3 Å². The molecule has 0 saturated carbocycles. The van der Waals surface area contributed by atoms with Gasteiger partial charge in [-0.05, 0) is 0 Å². The molecular formula is C4H5N3O4S. The van der Waals surface area contributed by atoms with Gasteiger partial charge in [-0.1, -0.05) is 0 Å². The summed E-state index contributed by atoms with van der Waals surface area (Å²) in [6.45, 7) is -0.210. The number of rotatable bonds is 0. The average molecular weight is 191 g/mol. The third-order valence-corrected chi connectivity index (χ3v) is 2.06. The van der Waals surface area contributed by atoms with Crippen molar-refractivity contribution in [1.29, 1.82) is 0 Å². The number of hydrazine groups is 1. The lowest BCUT2D eigenvalue weighted by Gasteiger charge is -2.27. The smallest absolute Gasteiger partial charge is 0.275 e. The van der Waals surface area contributed by atoms with Gasteiger partial charge in [-0.2, -0.15) is 8.42 Å². The highest BCUT2D eigenvalue weighted by Crippen LogP contribution is 2.04. The molecule has 1 aliphatic rings. The molecule has 1 fully saturated rings. The van der Waals surface area contributed by atoms with Crippen LogP contribution < -0.4 is 11.3 Å². The third-order valence-electron chi connectivity index (χ3n) is 1.36. The number of nitrogens with zero attached hydrogens (tertiary/aromatic N) is 1. The largest absolute Gasteiger partial charge is 0.338 e. The number of urea groups is 1. The number of imide groups is 1. The molecule has 0 bridgehead atoms. The second kappa shape index (κ2) is 2.91. The zero-order valence-electron chi connectivity index (χ0n) is 5.77. The summed E-state index contributed by atoms with van der Waals surface area (Å²) in [5, 5.41) is 0. The number of likely N-dealkylation sites (tertiary alicyclic amines) is 1. The lowest BCUT2D eigenvalue weighted by atomic mass is 10.2. The fourth-order valence-electron chi connectivity index (χ4n) is 0.708. The summed E-state index contributed by atoms with van der Waals surface area (Å²) < 4.78 is 20.4. The number of nitrogens with two attached hydrogens (primary N) is 1. The van der Waals surface area contributed by atoms with Gasteiger partial charge in [0.25, 0.3) is 5.91 Å². The van der Waals surface area contributed by atoms with Gasteiger partial charge in [0.05, 0.1) is 6.54 Å². The summed E-state index contributed by atoms with van der Waals surface area (Å²) in [5.74, 6) is 3.88. The molecular weight excluding hydrogens is 186 g/mol. The summed E-state index contributed by atoms with van der Waals surface area (Å²) in [6, 6.07) is -0.811. The van der Waals surface area contributed by atoms with Crippen molar-refractivity contribution in [2.45, 2.75) is 0 Å². The fraction of sp³-hybridized carbons (Fsp3) is 0.250. The first-order valence-corrected chi connectivity index (χ1v) is 3.93. The normalized spacial score (nSPS) is 15.6. The van der Waals surface area contributed by atoms with E-state index in [2.05, 4.69) is 0 Å². The Morgan fingerprint density at radius 3 is 2.50 bits per heavy atom. The monoisotopic (exact) mass is 191 g/mol. The molecule has 0 unspecified atom stereocenters. The minimum Gasteiger partial charge on any atom is -0.275 e. The Kier molecular flexibility index (Phi) is 2.11. The van der Waals surface area contributed by atoms with E-state index in [1.54, 1.807) is 5.43 Å². The van der Waals surface area contributed by atoms with Crippen LogP contribution in [0.15, 0.2) is 0 Å². The lowest BCUT2D eigenvalue weighted by Crippen LogP contribution is -2.60. The van der Waals surface area contributed by atoms with Crippen LogP contribution in [-0.2, 0) is 15.1 Å². The van der Waals surface area contributed by atoms with Crippen LogP contribution in [0, 0.1) is 0 Å². The average Bonchev–Trinajstić information content (AvgIpc) is 2.00. The van der Waals surface area contributed by atoms with Crippen LogP contribution in [0.4, 0.5) is 4.79 Å². The van der Waals surface area contributed by atoms with E-state index >= 15 is 0 Å². The van der Waals surface area contributed by atoms with E-state index in [1.807, 2.05) is 0 Å². The highest BCUT2D eigenvalue weighted by Gasteiger charge is 2.38. The first kappa shape index (κ1) is 8.68. The van der Waals surface area contributed by atoms with Crippen LogP contribution in [0.25, 0.3) is 0 Å². The number of β-lactam (4-membered cyclic amide) rings is 1. The molecule has 8 heteroatoms. The van der Waals surface area contributed by atoms with E-state index < -0.39 is 22.2 Å². The van der Waals surface area contributed by atoms with Crippen molar-refractivity contribution in [1.82, 2.24) is 10.3 Å². The number of carbonyl (C=O) groups excluding carboxylic acids is 2. The second-order valence-corrected chi connectivity index (χ2v) is 2.96. The van der Waals surface area contributed by atoms with Gasteiger partial charge in [-0.25, -0.2) is 10.6 Å². The van der Waals surface area contributed by atoms with E-state index in [9.17, 15) is 18.0 Å². The molecule has 0 aromatic rings. The molecule has 0 atom stereocenters. The molecule has 3 N–H and O–H groups in total. The van der Waals surface area contributed by atoms with Gasteiger partial charge in [-0.3, -0.25) is 15.1 Å². The number of hydrogen-bond donors (Lipinski definition) is 2. The maximum atomic E-state index is 10.8. The Morgan fingerprint density at radius 2 is 2.17 bits per heavy atom. The summed E-state index contributed by atoms with van der Waals surface area (Å²) in [6.07, 6.45) is 0. The summed E-state index contributed by atoms with van der Waals surface area (Å²) >= 11 is 0. The molecule has 0 aliphatic carbocycles. The van der Waals surface area contributed by atoms with Crippen molar-refractivity contribution in [2.24, 2.45) is 5.84 Å². The number of amides is 3. The zero-order valence-corrected chi connectivity index (χ0v) is 6.59. The molecule has 1 aliphatic heterocycles. The highest BCUT2D eigenvalue weighted by atomic mass is 32.2. The van der Waals surface area contributed by atoms with Crippen molar-refractivity contribution in [3.05, 3.63) is 0 Å². The van der Waals surface area contributed by atoms with Crippen molar-refractivity contribution in [3.8, 4) is 0 Å². The van der Waals surface area contributed by atoms with E-state index in [0.29, 0.717) is 4.90 Å². The molecule has 0 spiro atoms. The van der Waals surface area contributed by atoms with Crippen LogP contribution in [0.2, 0.25) is 0 Å². The Morgan fingerprint density at radius 1 is 1.58 bits per heavy atom. The van der Waals surface area contributed by atoms with Gasteiger partial charge >= 0.3 is 6.03 Å². The Hall–Kier alpha value is -1.41. The lowest BCUT2D eigenvalue weighted by molar-refractivity contribution is -0.123. The molecule has 1 rings (SSSR count). The molecule has 0 aromatic heterocycles. The summed E-state index contributed by atoms with van der Waals surface area (Å²) in [4.78, 5) is 21.8. The quantitative estimate of drug-likeness (QED) is 0.144. The maximum Gasteiger partial charge on any atom is 0.338 e. The van der Waals surface area contributed by atoms with Crippen LogP contribution in [0.5, 0.6) is 0 Å². The molecule has 12 heavy (non-hydrogen) atoms. The predicted molar refractivity (Wildman–Crippen MR) is 38.4 cm³/mol. The Labute approximate surface area is 68.6 Å². The topological polar surface area (TPSA) is 110 Å². The van der Waals surface area contributed by atoms with Gasteiger partial charge in [0.15, 0.2) is 4.86 Å². The van der Waals surface area contributed by atoms with Crippen molar-refractivity contribution in [3.63, 3.8) is 0 Å².